The van der Waals surface area contributed by atoms with Gasteiger partial charge in [-0.15, -0.1) is 0 Å². The summed E-state index contributed by atoms with van der Waals surface area (Å²) < 4.78 is 26.5. The molecule has 6 heteroatoms. The summed E-state index contributed by atoms with van der Waals surface area (Å²) in [7, 11) is -3.34. The number of carbonyl (C=O) groups is 1. The Labute approximate surface area is 145 Å². The van der Waals surface area contributed by atoms with Gasteiger partial charge < -0.3 is 5.32 Å². The van der Waals surface area contributed by atoms with Gasteiger partial charge in [0.2, 0.25) is 15.9 Å². The summed E-state index contributed by atoms with van der Waals surface area (Å²) in [6.45, 7) is 3.65. The largest absolute Gasteiger partial charge is 0.326 e. The molecule has 0 spiro atoms. The highest BCUT2D eigenvalue weighted by atomic mass is 32.2. The van der Waals surface area contributed by atoms with E-state index < -0.39 is 10.0 Å². The van der Waals surface area contributed by atoms with Gasteiger partial charge in [-0.2, -0.15) is 0 Å². The van der Waals surface area contributed by atoms with Crippen LogP contribution in [0.5, 0.6) is 0 Å². The lowest BCUT2D eigenvalue weighted by Crippen LogP contribution is -2.20. The summed E-state index contributed by atoms with van der Waals surface area (Å²) in [5.74, 6) is 0.578. The number of hydrogen-bond acceptors (Lipinski definition) is 3. The van der Waals surface area contributed by atoms with Crippen LogP contribution in [0.2, 0.25) is 0 Å². The number of anilines is 2. The highest BCUT2D eigenvalue weighted by Crippen LogP contribution is 2.28. The van der Waals surface area contributed by atoms with Crippen molar-refractivity contribution in [1.82, 2.24) is 0 Å². The predicted octanol–water partition coefficient (Wildman–Crippen LogP) is 4.06. The van der Waals surface area contributed by atoms with Crippen LogP contribution in [0.25, 0.3) is 0 Å². The Bertz CT molecular complexity index is 665. The summed E-state index contributed by atoms with van der Waals surface area (Å²) >= 11 is 0. The van der Waals surface area contributed by atoms with E-state index in [9.17, 15) is 13.2 Å². The van der Waals surface area contributed by atoms with Gasteiger partial charge in [-0.05, 0) is 49.8 Å². The van der Waals surface area contributed by atoms with Gasteiger partial charge in [0.05, 0.1) is 11.4 Å². The van der Waals surface area contributed by atoms with Crippen molar-refractivity contribution in [3.63, 3.8) is 0 Å². The molecule has 1 aromatic carbocycles. The number of hydrogen-bond donors (Lipinski definition) is 2. The summed E-state index contributed by atoms with van der Waals surface area (Å²) in [6, 6.07) is 5.29. The van der Waals surface area contributed by atoms with Crippen molar-refractivity contribution < 1.29 is 13.2 Å². The average Bonchev–Trinajstić information content (AvgIpc) is 2.52. The molecule has 0 saturated heterocycles. The minimum absolute atomic E-state index is 0.0126. The van der Waals surface area contributed by atoms with Crippen molar-refractivity contribution in [2.75, 3.05) is 15.8 Å². The van der Waals surface area contributed by atoms with Gasteiger partial charge in [0.1, 0.15) is 0 Å². The third-order valence-electron chi connectivity index (χ3n) is 4.55. The van der Waals surface area contributed by atoms with E-state index in [1.807, 2.05) is 19.9 Å². The van der Waals surface area contributed by atoms with E-state index in [1.165, 1.54) is 19.3 Å². The van der Waals surface area contributed by atoms with E-state index in [0.29, 0.717) is 30.1 Å². The zero-order chi connectivity index (χ0) is 17.6. The summed E-state index contributed by atoms with van der Waals surface area (Å²) in [5, 5.41) is 2.94. The van der Waals surface area contributed by atoms with Gasteiger partial charge in [-0.3, -0.25) is 9.52 Å². The van der Waals surface area contributed by atoms with Gasteiger partial charge in [-0.1, -0.05) is 32.3 Å². The van der Waals surface area contributed by atoms with Crippen LogP contribution in [-0.2, 0) is 14.8 Å². The second-order valence-corrected chi connectivity index (χ2v) is 8.50. The Hall–Kier alpha value is -1.56. The molecular formula is C18H28N2O3S. The van der Waals surface area contributed by atoms with Crippen molar-refractivity contribution in [1.29, 1.82) is 0 Å². The molecule has 24 heavy (non-hydrogen) atoms. The molecule has 134 valence electrons. The summed E-state index contributed by atoms with van der Waals surface area (Å²) in [5.41, 5.74) is 1.94. The lowest BCUT2D eigenvalue weighted by molar-refractivity contribution is -0.117. The Kier molecular flexibility index (Phi) is 6.66. The molecule has 1 aliphatic rings. The van der Waals surface area contributed by atoms with E-state index in [2.05, 4.69) is 10.0 Å². The van der Waals surface area contributed by atoms with Gasteiger partial charge >= 0.3 is 0 Å². The molecule has 2 rings (SSSR count). The third-order valence-corrected chi connectivity index (χ3v) is 6.02. The number of carbonyl (C=O) groups excluding carboxylic acids is 1. The highest BCUT2D eigenvalue weighted by molar-refractivity contribution is 7.92. The molecule has 1 amide bonds. The standard InChI is InChI=1S/C18H28N2O3S/c1-3-12-24(22,23)20-17-11-7-10-16(14(17)2)19-18(21)13-15-8-5-4-6-9-15/h7,10-11,15,20H,3-6,8-9,12-13H2,1-2H3,(H,19,21). The molecule has 0 aromatic heterocycles. The van der Waals surface area contributed by atoms with Gasteiger partial charge in [0, 0.05) is 12.1 Å². The Morgan fingerprint density at radius 2 is 1.83 bits per heavy atom. The molecule has 0 radical (unpaired) electrons. The molecule has 0 heterocycles. The Morgan fingerprint density at radius 1 is 1.17 bits per heavy atom. The van der Waals surface area contributed by atoms with Gasteiger partial charge in [0.25, 0.3) is 0 Å². The minimum Gasteiger partial charge on any atom is -0.326 e. The molecule has 2 N–H and O–H groups in total. The molecule has 0 unspecified atom stereocenters. The lowest BCUT2D eigenvalue weighted by Gasteiger charge is -2.21. The third kappa shape index (κ3) is 5.51. The minimum atomic E-state index is -3.34. The van der Waals surface area contributed by atoms with Crippen LogP contribution < -0.4 is 10.0 Å². The monoisotopic (exact) mass is 352 g/mol. The smallest absolute Gasteiger partial charge is 0.232 e. The molecule has 0 aliphatic heterocycles. The Morgan fingerprint density at radius 3 is 2.50 bits per heavy atom. The summed E-state index contributed by atoms with van der Waals surface area (Å²) in [4.78, 5) is 12.3. The Balaban J connectivity index is 2.02. The van der Waals surface area contributed by atoms with Crippen molar-refractivity contribution in [2.24, 2.45) is 5.92 Å². The van der Waals surface area contributed by atoms with Gasteiger partial charge in [0.15, 0.2) is 0 Å². The maximum atomic E-state index is 12.3. The second-order valence-electron chi connectivity index (χ2n) is 6.66. The first kappa shape index (κ1) is 18.8. The highest BCUT2D eigenvalue weighted by Gasteiger charge is 2.18. The lowest BCUT2D eigenvalue weighted by atomic mass is 9.87. The number of amides is 1. The van der Waals surface area contributed by atoms with Crippen LogP contribution in [0.1, 0.15) is 57.4 Å². The summed E-state index contributed by atoms with van der Waals surface area (Å²) in [6.07, 6.45) is 7.07. The maximum Gasteiger partial charge on any atom is 0.232 e. The topological polar surface area (TPSA) is 75.3 Å². The van der Waals surface area contributed by atoms with E-state index in [1.54, 1.807) is 12.1 Å². The van der Waals surface area contributed by atoms with Crippen molar-refractivity contribution in [2.45, 2.75) is 58.8 Å². The molecule has 1 aliphatic carbocycles. The molecule has 0 bridgehead atoms. The van der Waals surface area contributed by atoms with Crippen LogP contribution in [0.15, 0.2) is 18.2 Å². The van der Waals surface area contributed by atoms with E-state index in [-0.39, 0.29) is 11.7 Å². The first-order chi connectivity index (χ1) is 11.4. The zero-order valence-corrected chi connectivity index (χ0v) is 15.4. The van der Waals surface area contributed by atoms with Crippen molar-refractivity contribution in [3.05, 3.63) is 23.8 Å². The van der Waals surface area contributed by atoms with Crippen LogP contribution in [0.4, 0.5) is 11.4 Å². The van der Waals surface area contributed by atoms with Crippen molar-refractivity contribution >= 4 is 27.3 Å². The molecule has 0 atom stereocenters. The molecule has 1 fully saturated rings. The predicted molar refractivity (Wildman–Crippen MR) is 98.7 cm³/mol. The number of nitrogens with one attached hydrogen (secondary N) is 2. The number of benzene rings is 1. The fourth-order valence-corrected chi connectivity index (χ4v) is 4.42. The SMILES string of the molecule is CCCS(=O)(=O)Nc1cccc(NC(=O)CC2CCCCC2)c1C. The molecule has 5 nitrogen and oxygen atoms in total. The van der Waals surface area contributed by atoms with E-state index >= 15 is 0 Å². The van der Waals surface area contributed by atoms with Crippen molar-refractivity contribution in [3.8, 4) is 0 Å². The quantitative estimate of drug-likeness (QED) is 0.777. The van der Waals surface area contributed by atoms with Crippen LogP contribution >= 0.6 is 0 Å². The number of rotatable bonds is 7. The maximum absolute atomic E-state index is 12.3. The molecular weight excluding hydrogens is 324 g/mol. The first-order valence-corrected chi connectivity index (χ1v) is 10.5. The first-order valence-electron chi connectivity index (χ1n) is 8.81. The van der Waals surface area contributed by atoms with E-state index in [0.717, 1.165) is 18.4 Å². The molecule has 1 saturated carbocycles. The molecule has 1 aromatic rings. The second kappa shape index (κ2) is 8.51. The van der Waals surface area contributed by atoms with Crippen LogP contribution in [0, 0.1) is 12.8 Å². The fourth-order valence-electron chi connectivity index (χ4n) is 3.22. The van der Waals surface area contributed by atoms with Crippen LogP contribution in [-0.4, -0.2) is 20.1 Å². The van der Waals surface area contributed by atoms with E-state index in [4.69, 9.17) is 0 Å². The van der Waals surface area contributed by atoms with Crippen LogP contribution in [0.3, 0.4) is 0 Å². The normalized spacial score (nSPS) is 15.9. The zero-order valence-electron chi connectivity index (χ0n) is 14.6. The fraction of sp³-hybridized carbons (Fsp3) is 0.611. The van der Waals surface area contributed by atoms with Gasteiger partial charge in [-0.25, -0.2) is 8.42 Å². The average molecular weight is 353 g/mol. The number of sulfonamides is 1.